The van der Waals surface area contributed by atoms with Crippen LogP contribution in [0.3, 0.4) is 0 Å². The highest BCUT2D eigenvalue weighted by Crippen LogP contribution is 2.48. The van der Waals surface area contributed by atoms with Crippen molar-refractivity contribution < 1.29 is 46.1 Å². The third-order valence-corrected chi connectivity index (χ3v) is 8.78. The molecule has 11 nitrogen and oxygen atoms in total. The van der Waals surface area contributed by atoms with Gasteiger partial charge in [0.25, 0.3) is 11.8 Å². The molecule has 2 aliphatic heterocycles. The Morgan fingerprint density at radius 3 is 2.49 bits per heavy atom. The van der Waals surface area contributed by atoms with E-state index in [0.717, 1.165) is 18.9 Å². The third-order valence-electron chi connectivity index (χ3n) is 8.78. The number of nitrogens with one attached hydrogen (secondary N) is 1. The number of amides is 2. The maximum Gasteiger partial charge on any atom is 0.424 e. The Bertz CT molecular complexity index is 1680. The highest BCUT2D eigenvalue weighted by molar-refractivity contribution is 6.00. The van der Waals surface area contributed by atoms with E-state index in [1.165, 1.54) is 31.1 Å². The smallest absolute Gasteiger partial charge is 0.424 e. The number of fused-ring (bicyclic) bond motifs is 2. The lowest BCUT2D eigenvalue weighted by molar-refractivity contribution is -0.265. The average molecular weight is 639 g/mol. The van der Waals surface area contributed by atoms with Crippen molar-refractivity contribution in [1.82, 2.24) is 20.1 Å². The standard InChI is InChI=1S/C29H31F5N6O5/c1-26(25(35)42)14-45-22-18(26)11-20(37-23(22)39-7-5-27(30,31)6-8-39)28(43,29(32,33)34)13-36-24(41)15-9-16-12-40(17-3-4-17)38-21(16)19(10-15)44-2/h9-12,17,43H,3-8,13-14H2,1-2H3,(H2,35,42)(H,36,41)/t26-,28-/m0/s1. The van der Waals surface area contributed by atoms with Crippen molar-refractivity contribution in [2.24, 2.45) is 5.73 Å². The zero-order chi connectivity index (χ0) is 32.5. The summed E-state index contributed by atoms with van der Waals surface area (Å²) in [5.74, 6) is -4.90. The molecule has 3 aromatic rings. The van der Waals surface area contributed by atoms with Crippen molar-refractivity contribution in [1.29, 1.82) is 0 Å². The number of nitrogens with zero attached hydrogens (tertiary/aromatic N) is 4. The van der Waals surface area contributed by atoms with Crippen LogP contribution in [-0.4, -0.2) is 77.1 Å². The van der Waals surface area contributed by atoms with E-state index in [1.807, 2.05) is 0 Å². The first kappa shape index (κ1) is 30.8. The summed E-state index contributed by atoms with van der Waals surface area (Å²) in [5, 5.41) is 18.5. The number of carbonyl (C=O) groups is 2. The van der Waals surface area contributed by atoms with E-state index in [0.29, 0.717) is 10.9 Å². The molecule has 4 N–H and O–H groups in total. The van der Waals surface area contributed by atoms with E-state index < -0.39 is 60.0 Å². The number of ether oxygens (including phenoxy) is 2. The monoisotopic (exact) mass is 638 g/mol. The molecular weight excluding hydrogens is 607 g/mol. The van der Waals surface area contributed by atoms with Gasteiger partial charge in [0.1, 0.15) is 23.3 Å². The molecular formula is C29H31F5N6O5. The van der Waals surface area contributed by atoms with Crippen LogP contribution in [0.15, 0.2) is 24.4 Å². The number of rotatable bonds is 8. The number of carbonyl (C=O) groups excluding carboxylic acids is 2. The van der Waals surface area contributed by atoms with Crippen LogP contribution in [0.4, 0.5) is 27.8 Å². The number of aliphatic hydroxyl groups is 1. The number of nitrogens with two attached hydrogens (primary N) is 1. The lowest BCUT2D eigenvalue weighted by atomic mass is 9.82. The van der Waals surface area contributed by atoms with Crippen molar-refractivity contribution in [3.05, 3.63) is 41.2 Å². The van der Waals surface area contributed by atoms with Gasteiger partial charge in [-0.1, -0.05) is 0 Å². The van der Waals surface area contributed by atoms with Gasteiger partial charge in [0.2, 0.25) is 11.5 Å². The summed E-state index contributed by atoms with van der Waals surface area (Å²) in [6.45, 7) is -0.871. The zero-order valence-electron chi connectivity index (χ0n) is 24.4. The van der Waals surface area contributed by atoms with E-state index in [1.54, 1.807) is 10.9 Å². The van der Waals surface area contributed by atoms with Crippen LogP contribution in [-0.2, 0) is 15.8 Å². The summed E-state index contributed by atoms with van der Waals surface area (Å²) in [7, 11) is 1.37. The highest BCUT2D eigenvalue weighted by Gasteiger charge is 2.58. The van der Waals surface area contributed by atoms with Gasteiger partial charge in [0, 0.05) is 48.6 Å². The number of benzene rings is 1. The molecule has 0 bridgehead atoms. The Balaban J connectivity index is 1.36. The fourth-order valence-electron chi connectivity index (χ4n) is 5.62. The maximum absolute atomic E-state index is 14.7. The number of halogens is 5. The van der Waals surface area contributed by atoms with Gasteiger partial charge >= 0.3 is 6.18 Å². The molecule has 2 atom stereocenters. The molecule has 0 radical (unpaired) electrons. The minimum Gasteiger partial charge on any atom is -0.494 e. The van der Waals surface area contributed by atoms with Crippen molar-refractivity contribution in [2.45, 2.75) is 61.8 Å². The second-order valence-corrected chi connectivity index (χ2v) is 12.0. The van der Waals surface area contributed by atoms with Crippen molar-refractivity contribution in [3.63, 3.8) is 0 Å². The summed E-state index contributed by atoms with van der Waals surface area (Å²) in [6.07, 6.45) is -2.94. The number of anilines is 1. The second kappa shape index (κ2) is 10.4. The van der Waals surface area contributed by atoms with E-state index >= 15 is 0 Å². The number of hydrogen-bond donors (Lipinski definition) is 3. The molecule has 1 aromatic carbocycles. The minimum absolute atomic E-state index is 0.0363. The Kier molecular flexibility index (Phi) is 7.13. The van der Waals surface area contributed by atoms with E-state index in [-0.39, 0.29) is 54.2 Å². The van der Waals surface area contributed by atoms with Gasteiger partial charge in [-0.15, -0.1) is 0 Å². The molecule has 1 saturated heterocycles. The summed E-state index contributed by atoms with van der Waals surface area (Å²) < 4.78 is 84.8. The molecule has 2 aromatic heterocycles. The second-order valence-electron chi connectivity index (χ2n) is 12.0. The molecule has 0 unspecified atom stereocenters. The molecule has 0 spiro atoms. The van der Waals surface area contributed by atoms with Gasteiger partial charge in [-0.2, -0.15) is 18.3 Å². The maximum atomic E-state index is 14.7. The Hall–Kier alpha value is -4.21. The first-order valence-electron chi connectivity index (χ1n) is 14.3. The molecule has 1 saturated carbocycles. The van der Waals surface area contributed by atoms with Gasteiger partial charge in [-0.25, -0.2) is 13.8 Å². The molecule has 2 fully saturated rings. The number of piperidine rings is 1. The van der Waals surface area contributed by atoms with Crippen molar-refractivity contribution in [3.8, 4) is 11.5 Å². The van der Waals surface area contributed by atoms with Crippen molar-refractivity contribution in [2.75, 3.05) is 38.3 Å². The zero-order valence-corrected chi connectivity index (χ0v) is 24.4. The summed E-state index contributed by atoms with van der Waals surface area (Å²) in [6, 6.07) is 3.89. The van der Waals surface area contributed by atoms with Crippen LogP contribution in [0.2, 0.25) is 0 Å². The fourth-order valence-corrected chi connectivity index (χ4v) is 5.62. The molecule has 45 heavy (non-hydrogen) atoms. The molecule has 16 heteroatoms. The van der Waals surface area contributed by atoms with Gasteiger partial charge in [0.05, 0.1) is 25.4 Å². The first-order chi connectivity index (χ1) is 21.1. The number of pyridine rings is 1. The van der Waals surface area contributed by atoms with Crippen LogP contribution in [0.1, 0.15) is 60.3 Å². The quantitative estimate of drug-likeness (QED) is 0.319. The predicted molar refractivity (Wildman–Crippen MR) is 150 cm³/mol. The Morgan fingerprint density at radius 2 is 1.89 bits per heavy atom. The van der Waals surface area contributed by atoms with Crippen LogP contribution in [0.5, 0.6) is 11.5 Å². The summed E-state index contributed by atoms with van der Waals surface area (Å²) >= 11 is 0. The Morgan fingerprint density at radius 1 is 1.20 bits per heavy atom. The van der Waals surface area contributed by atoms with Crippen molar-refractivity contribution >= 4 is 28.5 Å². The predicted octanol–water partition coefficient (Wildman–Crippen LogP) is 3.33. The average Bonchev–Trinajstić information content (AvgIpc) is 3.65. The molecule has 1 aliphatic carbocycles. The largest absolute Gasteiger partial charge is 0.494 e. The number of alkyl halides is 5. The summed E-state index contributed by atoms with van der Waals surface area (Å²) in [5.41, 5.74) is -0.367. The third kappa shape index (κ3) is 5.27. The molecule has 2 amide bonds. The van der Waals surface area contributed by atoms with Gasteiger partial charge < -0.3 is 30.5 Å². The molecule has 4 heterocycles. The fraction of sp³-hybridized carbons (Fsp3) is 0.517. The number of hydrogen-bond acceptors (Lipinski definition) is 8. The number of aromatic nitrogens is 3. The minimum atomic E-state index is -5.39. The van der Waals surface area contributed by atoms with Gasteiger partial charge in [-0.05, 0) is 38.0 Å². The molecule has 6 rings (SSSR count). The lowest BCUT2D eigenvalue weighted by Gasteiger charge is -2.35. The normalized spacial score (nSPS) is 22.4. The lowest BCUT2D eigenvalue weighted by Crippen LogP contribution is -2.52. The number of primary amides is 1. The van der Waals surface area contributed by atoms with E-state index in [4.69, 9.17) is 15.2 Å². The van der Waals surface area contributed by atoms with Crippen LogP contribution >= 0.6 is 0 Å². The van der Waals surface area contributed by atoms with Crippen LogP contribution in [0, 0.1) is 0 Å². The topological polar surface area (TPSA) is 145 Å². The van der Waals surface area contributed by atoms with Gasteiger partial charge in [0.15, 0.2) is 11.6 Å². The van der Waals surface area contributed by atoms with E-state index in [9.17, 15) is 36.6 Å². The van der Waals surface area contributed by atoms with E-state index in [2.05, 4.69) is 15.4 Å². The van der Waals surface area contributed by atoms with Crippen LogP contribution in [0.25, 0.3) is 10.9 Å². The SMILES string of the molecule is COc1cc(C(=O)NC[C@](O)(c2cc3c(c(N4CCC(F)(F)CC4)n2)OC[C@]3(C)C(N)=O)C(F)(F)F)cc2cn(C3CC3)nc12. The highest BCUT2D eigenvalue weighted by atomic mass is 19.4. The molecule has 3 aliphatic rings. The molecule has 242 valence electrons. The van der Waals surface area contributed by atoms with Gasteiger partial charge in [-0.3, -0.25) is 14.3 Å². The Labute approximate surface area is 253 Å². The van der Waals surface area contributed by atoms with Crippen LogP contribution < -0.4 is 25.4 Å². The number of methoxy groups -OCH3 is 1. The summed E-state index contributed by atoms with van der Waals surface area (Å²) in [4.78, 5) is 31.0. The first-order valence-corrected chi connectivity index (χ1v) is 14.3.